The summed E-state index contributed by atoms with van der Waals surface area (Å²) in [5, 5.41) is 9.92. The number of aromatic nitrogens is 4. The molecule has 0 saturated heterocycles. The molecular weight excluding hydrogens is 258 g/mol. The van der Waals surface area contributed by atoms with Gasteiger partial charge in [0.25, 0.3) is 0 Å². The van der Waals surface area contributed by atoms with Gasteiger partial charge in [0, 0.05) is 0 Å². The molecule has 0 unspecified atom stereocenters. The third kappa shape index (κ3) is 4.92. The maximum absolute atomic E-state index is 4.93. The third-order valence-electron chi connectivity index (χ3n) is 2.99. The molecule has 0 amide bonds. The number of H-pyrrole nitrogens is 1. The smallest absolute Gasteiger partial charge is 0.242 e. The number of nitrogens with zero attached hydrogens (tertiary/aromatic N) is 3. The van der Waals surface area contributed by atoms with Gasteiger partial charge in [0.2, 0.25) is 4.77 Å². The number of rotatable bonds is 4. The monoisotopic (exact) mass is 280 g/mol. The number of tetrazole rings is 1. The number of hydrogen-bond acceptors (Lipinski definition) is 3. The number of aromatic amines is 1. The predicted octanol–water partition coefficient (Wildman–Crippen LogP) is 1.26. The molecule has 104 valence electrons. The number of para-hydroxylation sites is 1. The highest BCUT2D eigenvalue weighted by Gasteiger charge is 1.96. The average Bonchev–Trinajstić information content (AvgIpc) is 2.89. The van der Waals surface area contributed by atoms with Gasteiger partial charge in [0.15, 0.2) is 0 Å². The Morgan fingerprint density at radius 2 is 1.68 bits per heavy atom. The average molecular weight is 280 g/mol. The van der Waals surface area contributed by atoms with Gasteiger partial charge < -0.3 is 4.90 Å². The SMILES string of the molecule is CC[NH+](CC)CC.S=c1nn[nH]n1-c1ccccc1. The van der Waals surface area contributed by atoms with Crippen molar-refractivity contribution in [2.75, 3.05) is 19.6 Å². The number of benzene rings is 1. The maximum Gasteiger partial charge on any atom is 0.242 e. The van der Waals surface area contributed by atoms with Crippen molar-refractivity contribution in [1.29, 1.82) is 0 Å². The molecule has 1 heterocycles. The van der Waals surface area contributed by atoms with Gasteiger partial charge in [0.1, 0.15) is 0 Å². The summed E-state index contributed by atoms with van der Waals surface area (Å²) in [5.41, 5.74) is 0.938. The molecule has 1 aromatic heterocycles. The Labute approximate surface area is 119 Å². The molecule has 0 aliphatic heterocycles. The second kappa shape index (κ2) is 8.55. The molecule has 2 aromatic rings. The Morgan fingerprint density at radius 3 is 2.05 bits per heavy atom. The standard InChI is InChI=1S/C7H6N4S.C6H15N/c12-7-8-9-10-11(7)6-4-2-1-3-5-6;1-4-7(5-2)6-3/h1-5H,(H,8,10,12);4-6H2,1-3H3/p+1. The molecule has 0 radical (unpaired) electrons. The highest BCUT2D eigenvalue weighted by atomic mass is 32.1. The number of quaternary nitrogens is 1. The summed E-state index contributed by atoms with van der Waals surface area (Å²) in [6, 6.07) is 9.65. The summed E-state index contributed by atoms with van der Waals surface area (Å²) in [6.07, 6.45) is 0. The van der Waals surface area contributed by atoms with Gasteiger partial charge >= 0.3 is 0 Å². The topological polar surface area (TPSA) is 50.9 Å². The minimum Gasteiger partial charge on any atom is -0.336 e. The van der Waals surface area contributed by atoms with E-state index < -0.39 is 0 Å². The van der Waals surface area contributed by atoms with Crippen molar-refractivity contribution < 1.29 is 4.90 Å². The molecule has 2 N–H and O–H groups in total. The fourth-order valence-corrected chi connectivity index (χ4v) is 1.88. The van der Waals surface area contributed by atoms with Gasteiger partial charge in [-0.25, -0.2) is 4.68 Å². The summed E-state index contributed by atoms with van der Waals surface area (Å²) >= 11 is 4.93. The fraction of sp³-hybridized carbons (Fsp3) is 0.462. The molecule has 0 saturated carbocycles. The Kier molecular flexibility index (Phi) is 6.99. The van der Waals surface area contributed by atoms with E-state index in [-0.39, 0.29) is 0 Å². The van der Waals surface area contributed by atoms with Crippen LogP contribution in [-0.4, -0.2) is 39.8 Å². The van der Waals surface area contributed by atoms with Crippen LogP contribution >= 0.6 is 12.2 Å². The molecule has 0 bridgehead atoms. The largest absolute Gasteiger partial charge is 0.336 e. The minimum atomic E-state index is 0.432. The maximum atomic E-state index is 4.93. The molecule has 5 nitrogen and oxygen atoms in total. The summed E-state index contributed by atoms with van der Waals surface area (Å²) in [4.78, 5) is 1.68. The molecule has 0 spiro atoms. The van der Waals surface area contributed by atoms with Crippen LogP contribution in [0.3, 0.4) is 0 Å². The zero-order valence-electron chi connectivity index (χ0n) is 11.8. The van der Waals surface area contributed by atoms with Crippen LogP contribution < -0.4 is 4.90 Å². The van der Waals surface area contributed by atoms with E-state index >= 15 is 0 Å². The van der Waals surface area contributed by atoms with Gasteiger partial charge in [-0.15, -0.1) is 0 Å². The van der Waals surface area contributed by atoms with E-state index in [9.17, 15) is 0 Å². The first-order valence-electron chi connectivity index (χ1n) is 6.61. The highest BCUT2D eigenvalue weighted by molar-refractivity contribution is 7.71. The van der Waals surface area contributed by atoms with Crippen molar-refractivity contribution in [3.05, 3.63) is 35.1 Å². The van der Waals surface area contributed by atoms with Gasteiger partial charge in [-0.3, -0.25) is 0 Å². The molecule has 0 aliphatic carbocycles. The molecule has 0 aliphatic rings. The van der Waals surface area contributed by atoms with Crippen molar-refractivity contribution in [2.45, 2.75) is 20.8 Å². The Hall–Kier alpha value is -1.53. The van der Waals surface area contributed by atoms with Gasteiger partial charge in [-0.05, 0) is 45.1 Å². The number of nitrogens with one attached hydrogen (secondary N) is 2. The predicted molar refractivity (Wildman–Crippen MR) is 79.1 cm³/mol. The first kappa shape index (κ1) is 15.5. The lowest BCUT2D eigenvalue weighted by Gasteiger charge is -2.10. The summed E-state index contributed by atoms with van der Waals surface area (Å²) in [6.45, 7) is 10.5. The quantitative estimate of drug-likeness (QED) is 0.829. The molecule has 1 aromatic carbocycles. The Balaban J connectivity index is 0.000000224. The Morgan fingerprint density at radius 1 is 1.11 bits per heavy atom. The fourth-order valence-electron chi connectivity index (χ4n) is 1.69. The first-order valence-corrected chi connectivity index (χ1v) is 7.02. The molecule has 0 atom stereocenters. The van der Waals surface area contributed by atoms with Crippen molar-refractivity contribution in [3.63, 3.8) is 0 Å². The van der Waals surface area contributed by atoms with Crippen molar-refractivity contribution >= 4 is 12.2 Å². The van der Waals surface area contributed by atoms with Crippen LogP contribution in [0.5, 0.6) is 0 Å². The van der Waals surface area contributed by atoms with Gasteiger partial charge in [-0.2, -0.15) is 5.21 Å². The van der Waals surface area contributed by atoms with Gasteiger partial charge in [-0.1, -0.05) is 28.5 Å². The second-order valence-corrected chi connectivity index (χ2v) is 4.43. The van der Waals surface area contributed by atoms with Crippen LogP contribution in [0.25, 0.3) is 5.69 Å². The second-order valence-electron chi connectivity index (χ2n) is 4.06. The van der Waals surface area contributed by atoms with Crippen LogP contribution in [0, 0.1) is 4.77 Å². The summed E-state index contributed by atoms with van der Waals surface area (Å²) < 4.78 is 2.07. The molecule has 19 heavy (non-hydrogen) atoms. The molecule has 2 rings (SSSR count). The lowest BCUT2D eigenvalue weighted by atomic mass is 10.3. The number of hydrogen-bond donors (Lipinski definition) is 2. The van der Waals surface area contributed by atoms with E-state index in [1.54, 1.807) is 9.58 Å². The first-order chi connectivity index (χ1) is 9.22. The normalized spacial score (nSPS) is 10.1. The van der Waals surface area contributed by atoms with Crippen LogP contribution in [0.4, 0.5) is 0 Å². The van der Waals surface area contributed by atoms with Crippen molar-refractivity contribution in [1.82, 2.24) is 20.2 Å². The van der Waals surface area contributed by atoms with E-state index in [2.05, 4.69) is 36.3 Å². The van der Waals surface area contributed by atoms with E-state index in [4.69, 9.17) is 12.2 Å². The molecular formula is C13H22N5S+. The molecule has 0 fully saturated rings. The highest BCUT2D eigenvalue weighted by Crippen LogP contribution is 2.03. The van der Waals surface area contributed by atoms with E-state index in [0.29, 0.717) is 4.77 Å². The lowest BCUT2D eigenvalue weighted by Crippen LogP contribution is -3.11. The lowest BCUT2D eigenvalue weighted by molar-refractivity contribution is -0.894. The Bertz CT molecular complexity index is 495. The van der Waals surface area contributed by atoms with Crippen LogP contribution in [0.15, 0.2) is 30.3 Å². The van der Waals surface area contributed by atoms with E-state index in [1.807, 2.05) is 30.3 Å². The van der Waals surface area contributed by atoms with Crippen LogP contribution in [-0.2, 0) is 0 Å². The zero-order chi connectivity index (χ0) is 14.1. The summed E-state index contributed by atoms with van der Waals surface area (Å²) in [7, 11) is 0. The van der Waals surface area contributed by atoms with Crippen molar-refractivity contribution in [2.24, 2.45) is 0 Å². The van der Waals surface area contributed by atoms with Crippen molar-refractivity contribution in [3.8, 4) is 5.69 Å². The van der Waals surface area contributed by atoms with Crippen LogP contribution in [0.2, 0.25) is 0 Å². The zero-order valence-corrected chi connectivity index (χ0v) is 12.6. The van der Waals surface area contributed by atoms with Crippen LogP contribution in [0.1, 0.15) is 20.8 Å². The van der Waals surface area contributed by atoms with Gasteiger partial charge in [0.05, 0.1) is 25.3 Å². The van der Waals surface area contributed by atoms with E-state index in [0.717, 1.165) is 5.69 Å². The molecule has 6 heteroatoms. The third-order valence-corrected chi connectivity index (χ3v) is 3.25. The minimum absolute atomic E-state index is 0.432. The van der Waals surface area contributed by atoms with E-state index in [1.165, 1.54) is 19.6 Å². The summed E-state index contributed by atoms with van der Waals surface area (Å²) in [5.74, 6) is 0.